The number of aliphatic hydroxyl groups excluding tert-OH is 1. The molecule has 2 nitrogen and oxygen atoms in total. The molecule has 0 amide bonds. The van der Waals surface area contributed by atoms with Crippen LogP contribution in [0.2, 0.25) is 5.02 Å². The van der Waals surface area contributed by atoms with Gasteiger partial charge in [0.25, 0.3) is 0 Å². The van der Waals surface area contributed by atoms with Gasteiger partial charge in [0.2, 0.25) is 0 Å². The number of rotatable bonds is 2. The second-order valence-electron chi connectivity index (χ2n) is 3.36. The van der Waals surface area contributed by atoms with Crippen LogP contribution in [0.1, 0.15) is 11.3 Å². The van der Waals surface area contributed by atoms with Crippen LogP contribution in [-0.2, 0) is 6.61 Å². The molecule has 0 bridgehead atoms. The second-order valence-corrected chi connectivity index (χ2v) is 3.80. The minimum Gasteiger partial charge on any atom is -0.461 e. The van der Waals surface area contributed by atoms with Crippen LogP contribution in [-0.4, -0.2) is 5.11 Å². The number of halogens is 1. The summed E-state index contributed by atoms with van der Waals surface area (Å²) < 4.78 is 5.53. The standard InChI is InChI=1S/C12H11ClO2/c1-8-10(7-14)6-12(15-8)9-3-2-4-11(13)5-9/h2-6,14H,7H2,1H3. The predicted molar refractivity (Wildman–Crippen MR) is 59.8 cm³/mol. The highest BCUT2D eigenvalue weighted by molar-refractivity contribution is 6.30. The zero-order chi connectivity index (χ0) is 10.8. The van der Waals surface area contributed by atoms with Gasteiger partial charge in [-0.2, -0.15) is 0 Å². The van der Waals surface area contributed by atoms with E-state index in [4.69, 9.17) is 21.1 Å². The van der Waals surface area contributed by atoms with E-state index < -0.39 is 0 Å². The van der Waals surface area contributed by atoms with Crippen molar-refractivity contribution in [3.63, 3.8) is 0 Å². The van der Waals surface area contributed by atoms with Crippen molar-refractivity contribution in [2.24, 2.45) is 0 Å². The maximum Gasteiger partial charge on any atom is 0.134 e. The van der Waals surface area contributed by atoms with Crippen molar-refractivity contribution in [2.75, 3.05) is 0 Å². The molecule has 0 aliphatic heterocycles. The molecule has 2 aromatic rings. The summed E-state index contributed by atoms with van der Waals surface area (Å²) in [6.07, 6.45) is 0. The minimum atomic E-state index is -0.00407. The molecular weight excluding hydrogens is 212 g/mol. The van der Waals surface area contributed by atoms with Gasteiger partial charge in [-0.3, -0.25) is 0 Å². The number of hydrogen-bond donors (Lipinski definition) is 1. The van der Waals surface area contributed by atoms with Gasteiger partial charge in [-0.1, -0.05) is 23.7 Å². The highest BCUT2D eigenvalue weighted by atomic mass is 35.5. The molecule has 78 valence electrons. The maximum absolute atomic E-state index is 9.05. The Hall–Kier alpha value is -1.25. The molecule has 0 aliphatic carbocycles. The summed E-state index contributed by atoms with van der Waals surface area (Å²) in [5.41, 5.74) is 1.73. The van der Waals surface area contributed by atoms with Crippen LogP contribution in [0.25, 0.3) is 11.3 Å². The zero-order valence-corrected chi connectivity index (χ0v) is 9.08. The van der Waals surface area contributed by atoms with Crippen LogP contribution in [0.4, 0.5) is 0 Å². The molecular formula is C12H11ClO2. The van der Waals surface area contributed by atoms with Crippen LogP contribution in [0.5, 0.6) is 0 Å². The number of aryl methyl sites for hydroxylation is 1. The Morgan fingerprint density at radius 1 is 1.33 bits per heavy atom. The molecule has 0 saturated carbocycles. The van der Waals surface area contributed by atoms with Crippen molar-refractivity contribution in [1.82, 2.24) is 0 Å². The van der Waals surface area contributed by atoms with Gasteiger partial charge in [0.05, 0.1) is 6.61 Å². The summed E-state index contributed by atoms with van der Waals surface area (Å²) in [6.45, 7) is 1.83. The number of benzene rings is 1. The molecule has 0 radical (unpaired) electrons. The van der Waals surface area contributed by atoms with Crippen molar-refractivity contribution < 1.29 is 9.52 Å². The van der Waals surface area contributed by atoms with Gasteiger partial charge in [-0.25, -0.2) is 0 Å². The fraction of sp³-hybridized carbons (Fsp3) is 0.167. The van der Waals surface area contributed by atoms with Gasteiger partial charge in [-0.05, 0) is 25.1 Å². The average molecular weight is 223 g/mol. The topological polar surface area (TPSA) is 33.4 Å². The summed E-state index contributed by atoms with van der Waals surface area (Å²) in [5, 5.41) is 9.72. The highest BCUT2D eigenvalue weighted by Crippen LogP contribution is 2.27. The van der Waals surface area contributed by atoms with E-state index in [1.54, 1.807) is 0 Å². The Bertz CT molecular complexity index is 474. The van der Waals surface area contributed by atoms with E-state index in [1.165, 1.54) is 0 Å². The highest BCUT2D eigenvalue weighted by Gasteiger charge is 2.08. The minimum absolute atomic E-state index is 0.00407. The molecule has 0 atom stereocenters. The number of hydrogen-bond acceptors (Lipinski definition) is 2. The molecule has 15 heavy (non-hydrogen) atoms. The summed E-state index contributed by atoms with van der Waals surface area (Å²) >= 11 is 5.88. The normalized spacial score (nSPS) is 10.6. The van der Waals surface area contributed by atoms with Gasteiger partial charge in [0, 0.05) is 16.1 Å². The van der Waals surface area contributed by atoms with E-state index in [2.05, 4.69) is 0 Å². The third-order valence-electron chi connectivity index (χ3n) is 2.30. The van der Waals surface area contributed by atoms with Crippen molar-refractivity contribution >= 4 is 11.6 Å². The van der Waals surface area contributed by atoms with Gasteiger partial charge >= 0.3 is 0 Å². The molecule has 1 aromatic carbocycles. The van der Waals surface area contributed by atoms with Crippen LogP contribution in [0.15, 0.2) is 34.7 Å². The van der Waals surface area contributed by atoms with Crippen molar-refractivity contribution in [3.8, 4) is 11.3 Å². The van der Waals surface area contributed by atoms with Gasteiger partial charge in [-0.15, -0.1) is 0 Å². The molecule has 0 fully saturated rings. The van der Waals surface area contributed by atoms with E-state index in [-0.39, 0.29) is 6.61 Å². The molecule has 1 heterocycles. The second kappa shape index (κ2) is 4.09. The Balaban J connectivity index is 2.45. The molecule has 1 N–H and O–H groups in total. The molecule has 3 heteroatoms. The number of furan rings is 1. The first kappa shape index (κ1) is 10.3. The van der Waals surface area contributed by atoms with Crippen LogP contribution >= 0.6 is 11.6 Å². The van der Waals surface area contributed by atoms with E-state index in [9.17, 15) is 0 Å². The average Bonchev–Trinajstić information content (AvgIpc) is 2.60. The lowest BCUT2D eigenvalue weighted by molar-refractivity contribution is 0.279. The summed E-state index contributed by atoms with van der Waals surface area (Å²) in [6, 6.07) is 9.27. The molecule has 0 unspecified atom stereocenters. The van der Waals surface area contributed by atoms with Gasteiger partial charge < -0.3 is 9.52 Å². The number of aliphatic hydroxyl groups is 1. The summed E-state index contributed by atoms with van der Waals surface area (Å²) in [5.74, 6) is 1.48. The van der Waals surface area contributed by atoms with Crippen LogP contribution in [0.3, 0.4) is 0 Å². The zero-order valence-electron chi connectivity index (χ0n) is 8.33. The third-order valence-corrected chi connectivity index (χ3v) is 2.54. The monoisotopic (exact) mass is 222 g/mol. The molecule has 1 aromatic heterocycles. The molecule has 0 spiro atoms. The van der Waals surface area contributed by atoms with Gasteiger partial charge in [0.15, 0.2) is 0 Å². The fourth-order valence-electron chi connectivity index (χ4n) is 1.46. The molecule has 0 aliphatic rings. The van der Waals surface area contributed by atoms with Crippen LogP contribution in [0, 0.1) is 6.92 Å². The molecule has 0 saturated heterocycles. The third kappa shape index (κ3) is 2.06. The lowest BCUT2D eigenvalue weighted by Gasteiger charge is -1.96. The molecule has 2 rings (SSSR count). The lowest BCUT2D eigenvalue weighted by atomic mass is 10.1. The first-order valence-electron chi connectivity index (χ1n) is 4.67. The first-order valence-corrected chi connectivity index (χ1v) is 5.04. The van der Waals surface area contributed by atoms with Crippen molar-refractivity contribution in [2.45, 2.75) is 13.5 Å². The van der Waals surface area contributed by atoms with E-state index in [1.807, 2.05) is 37.3 Å². The van der Waals surface area contributed by atoms with Crippen molar-refractivity contribution in [1.29, 1.82) is 0 Å². The maximum atomic E-state index is 9.05. The SMILES string of the molecule is Cc1oc(-c2cccc(Cl)c2)cc1CO. The summed E-state index contributed by atoms with van der Waals surface area (Å²) in [7, 11) is 0. The predicted octanol–water partition coefficient (Wildman–Crippen LogP) is 3.40. The quantitative estimate of drug-likeness (QED) is 0.845. The van der Waals surface area contributed by atoms with E-state index in [0.717, 1.165) is 22.6 Å². The fourth-order valence-corrected chi connectivity index (χ4v) is 1.65. The van der Waals surface area contributed by atoms with Crippen molar-refractivity contribution in [3.05, 3.63) is 46.7 Å². The van der Waals surface area contributed by atoms with E-state index >= 15 is 0 Å². The first-order chi connectivity index (χ1) is 7.20. The van der Waals surface area contributed by atoms with Crippen LogP contribution < -0.4 is 0 Å². The van der Waals surface area contributed by atoms with E-state index in [0.29, 0.717) is 5.02 Å². The Labute approximate surface area is 93.1 Å². The smallest absolute Gasteiger partial charge is 0.134 e. The van der Waals surface area contributed by atoms with Gasteiger partial charge in [0.1, 0.15) is 11.5 Å². The lowest BCUT2D eigenvalue weighted by Crippen LogP contribution is -1.79. The Kier molecular flexibility index (Phi) is 2.80. The summed E-state index contributed by atoms with van der Waals surface area (Å²) in [4.78, 5) is 0. The Morgan fingerprint density at radius 3 is 2.73 bits per heavy atom. The Morgan fingerprint density at radius 2 is 2.13 bits per heavy atom. The largest absolute Gasteiger partial charge is 0.461 e.